The van der Waals surface area contributed by atoms with Gasteiger partial charge in [-0.3, -0.25) is 0 Å². The summed E-state index contributed by atoms with van der Waals surface area (Å²) in [6, 6.07) is 0. The molecule has 126 valence electrons. The summed E-state index contributed by atoms with van der Waals surface area (Å²) in [5.41, 5.74) is 0. The summed E-state index contributed by atoms with van der Waals surface area (Å²) in [6.45, 7) is 7.54. The van der Waals surface area contributed by atoms with Crippen LogP contribution in [0, 0.1) is 23.7 Å². The first-order chi connectivity index (χ1) is 10.8. The number of ether oxygens (including phenoxy) is 1. The lowest BCUT2D eigenvalue weighted by atomic mass is 9.75. The van der Waals surface area contributed by atoms with Crippen LogP contribution in [-0.4, -0.2) is 13.2 Å². The average Bonchev–Trinajstić information content (AvgIpc) is 2.56. The summed E-state index contributed by atoms with van der Waals surface area (Å²) in [6.07, 6.45) is 21.0. The molecular formula is C21H36O. The lowest BCUT2D eigenvalue weighted by molar-refractivity contribution is 0.0937. The molecule has 2 rings (SSSR count). The van der Waals surface area contributed by atoms with Gasteiger partial charge >= 0.3 is 0 Å². The standard InChI is InChI=1S/C21H36O/c1-3-5-18-6-8-19(9-7-18)10-11-20-12-14-21(15-13-20)17-22-16-4-2/h3-5,18-21H,2,6-17H2,1H3/b5-3+/t18-,19-,20-,21-. The Morgan fingerprint density at radius 3 is 1.95 bits per heavy atom. The second kappa shape index (κ2) is 10.3. The minimum absolute atomic E-state index is 0.718. The van der Waals surface area contributed by atoms with Gasteiger partial charge in [0.15, 0.2) is 0 Å². The second-order valence-corrected chi connectivity index (χ2v) is 7.60. The van der Waals surface area contributed by atoms with E-state index in [0.717, 1.165) is 36.9 Å². The van der Waals surface area contributed by atoms with E-state index in [1.165, 1.54) is 64.2 Å². The monoisotopic (exact) mass is 304 g/mol. The Bertz CT molecular complexity index is 317. The Morgan fingerprint density at radius 2 is 1.41 bits per heavy atom. The highest BCUT2D eigenvalue weighted by Gasteiger charge is 2.24. The molecule has 1 heteroatoms. The van der Waals surface area contributed by atoms with E-state index in [1.807, 2.05) is 6.08 Å². The molecule has 22 heavy (non-hydrogen) atoms. The van der Waals surface area contributed by atoms with Crippen molar-refractivity contribution >= 4 is 0 Å². The first kappa shape index (κ1) is 17.8. The van der Waals surface area contributed by atoms with Crippen LogP contribution in [0.1, 0.15) is 71.1 Å². The first-order valence-corrected chi connectivity index (χ1v) is 9.63. The molecule has 2 fully saturated rings. The SMILES string of the molecule is C=CCOC[C@H]1CC[C@H](CC[C@H]2CC[C@H](/C=C/C)CC2)CC1. The number of rotatable bonds is 8. The predicted molar refractivity (Wildman–Crippen MR) is 96.0 cm³/mol. The molecule has 0 spiro atoms. The topological polar surface area (TPSA) is 9.23 Å². The smallest absolute Gasteiger partial charge is 0.0644 e. The Labute approximate surface area is 138 Å². The fourth-order valence-corrected chi connectivity index (χ4v) is 4.42. The maximum atomic E-state index is 5.62. The maximum Gasteiger partial charge on any atom is 0.0644 e. The predicted octanol–water partition coefficient (Wildman–Crippen LogP) is 6.16. The fraction of sp³-hybridized carbons (Fsp3) is 0.810. The average molecular weight is 305 g/mol. The van der Waals surface area contributed by atoms with Gasteiger partial charge in [-0.2, -0.15) is 0 Å². The largest absolute Gasteiger partial charge is 0.377 e. The molecule has 0 saturated heterocycles. The van der Waals surface area contributed by atoms with E-state index in [4.69, 9.17) is 4.74 Å². The highest BCUT2D eigenvalue weighted by atomic mass is 16.5. The van der Waals surface area contributed by atoms with E-state index in [1.54, 1.807) is 0 Å². The fourth-order valence-electron chi connectivity index (χ4n) is 4.42. The molecule has 0 aromatic carbocycles. The van der Waals surface area contributed by atoms with E-state index in [0.29, 0.717) is 0 Å². The van der Waals surface area contributed by atoms with Crippen molar-refractivity contribution in [3.63, 3.8) is 0 Å². The lowest BCUT2D eigenvalue weighted by Crippen LogP contribution is -2.20. The maximum absolute atomic E-state index is 5.62. The van der Waals surface area contributed by atoms with Gasteiger partial charge in [-0.15, -0.1) is 6.58 Å². The molecule has 0 aromatic rings. The summed E-state index contributed by atoms with van der Waals surface area (Å²) in [5, 5.41) is 0. The van der Waals surface area contributed by atoms with Gasteiger partial charge in [0, 0.05) is 6.61 Å². The Kier molecular flexibility index (Phi) is 8.30. The second-order valence-electron chi connectivity index (χ2n) is 7.60. The third-order valence-corrected chi connectivity index (χ3v) is 5.89. The van der Waals surface area contributed by atoms with E-state index in [2.05, 4.69) is 25.7 Å². The van der Waals surface area contributed by atoms with E-state index < -0.39 is 0 Å². The minimum atomic E-state index is 0.718. The molecule has 0 N–H and O–H groups in total. The quantitative estimate of drug-likeness (QED) is 0.385. The summed E-state index contributed by atoms with van der Waals surface area (Å²) in [7, 11) is 0. The molecule has 2 aliphatic carbocycles. The van der Waals surface area contributed by atoms with Crippen molar-refractivity contribution in [1.82, 2.24) is 0 Å². The highest BCUT2D eigenvalue weighted by molar-refractivity contribution is 4.89. The Balaban J connectivity index is 1.54. The molecule has 0 aliphatic heterocycles. The van der Waals surface area contributed by atoms with Crippen LogP contribution in [0.2, 0.25) is 0 Å². The third kappa shape index (κ3) is 6.28. The minimum Gasteiger partial charge on any atom is -0.377 e. The first-order valence-electron chi connectivity index (χ1n) is 9.63. The van der Waals surface area contributed by atoms with Gasteiger partial charge in [0.05, 0.1) is 6.61 Å². The van der Waals surface area contributed by atoms with Crippen LogP contribution in [0.15, 0.2) is 24.8 Å². The van der Waals surface area contributed by atoms with Crippen molar-refractivity contribution in [3.8, 4) is 0 Å². The molecule has 2 aliphatic rings. The highest BCUT2D eigenvalue weighted by Crippen LogP contribution is 2.36. The van der Waals surface area contributed by atoms with Gasteiger partial charge in [-0.25, -0.2) is 0 Å². The van der Waals surface area contributed by atoms with Crippen LogP contribution in [0.3, 0.4) is 0 Å². The Hall–Kier alpha value is -0.560. The van der Waals surface area contributed by atoms with Gasteiger partial charge in [0.2, 0.25) is 0 Å². The van der Waals surface area contributed by atoms with Crippen LogP contribution in [-0.2, 0) is 4.74 Å². The zero-order valence-electron chi connectivity index (χ0n) is 14.6. The molecule has 0 heterocycles. The van der Waals surface area contributed by atoms with Gasteiger partial charge in [-0.1, -0.05) is 43.9 Å². The van der Waals surface area contributed by atoms with Crippen molar-refractivity contribution in [2.24, 2.45) is 23.7 Å². The van der Waals surface area contributed by atoms with Crippen LogP contribution >= 0.6 is 0 Å². The summed E-state index contributed by atoms with van der Waals surface area (Å²) in [4.78, 5) is 0. The van der Waals surface area contributed by atoms with E-state index in [9.17, 15) is 0 Å². The van der Waals surface area contributed by atoms with Gasteiger partial charge in [0.1, 0.15) is 0 Å². The molecule has 0 unspecified atom stereocenters. The summed E-state index contributed by atoms with van der Waals surface area (Å²) >= 11 is 0. The van der Waals surface area contributed by atoms with Crippen LogP contribution in [0.5, 0.6) is 0 Å². The molecule has 0 bridgehead atoms. The van der Waals surface area contributed by atoms with Gasteiger partial charge in [0.25, 0.3) is 0 Å². The molecule has 1 nitrogen and oxygen atoms in total. The van der Waals surface area contributed by atoms with Crippen LogP contribution < -0.4 is 0 Å². The Morgan fingerprint density at radius 1 is 0.864 bits per heavy atom. The third-order valence-electron chi connectivity index (χ3n) is 5.89. The van der Waals surface area contributed by atoms with Crippen molar-refractivity contribution in [1.29, 1.82) is 0 Å². The normalized spacial score (nSPS) is 33.1. The molecule has 0 aromatic heterocycles. The van der Waals surface area contributed by atoms with Crippen molar-refractivity contribution < 1.29 is 4.74 Å². The van der Waals surface area contributed by atoms with Crippen molar-refractivity contribution in [3.05, 3.63) is 24.8 Å². The zero-order valence-corrected chi connectivity index (χ0v) is 14.6. The molecule has 0 amide bonds. The van der Waals surface area contributed by atoms with Crippen molar-refractivity contribution in [2.75, 3.05) is 13.2 Å². The molecule has 0 radical (unpaired) electrons. The molecule has 0 atom stereocenters. The van der Waals surface area contributed by atoms with E-state index >= 15 is 0 Å². The lowest BCUT2D eigenvalue weighted by Gasteiger charge is -2.31. The van der Waals surface area contributed by atoms with Gasteiger partial charge in [-0.05, 0) is 69.1 Å². The number of allylic oxidation sites excluding steroid dienone is 2. The zero-order chi connectivity index (χ0) is 15.6. The van der Waals surface area contributed by atoms with Crippen molar-refractivity contribution in [2.45, 2.75) is 71.1 Å². The molecular weight excluding hydrogens is 268 g/mol. The van der Waals surface area contributed by atoms with Crippen LogP contribution in [0.25, 0.3) is 0 Å². The number of hydrogen-bond acceptors (Lipinski definition) is 1. The number of hydrogen-bond donors (Lipinski definition) is 0. The van der Waals surface area contributed by atoms with Crippen LogP contribution in [0.4, 0.5) is 0 Å². The van der Waals surface area contributed by atoms with E-state index in [-0.39, 0.29) is 0 Å². The van der Waals surface area contributed by atoms with Gasteiger partial charge < -0.3 is 4.74 Å². The summed E-state index contributed by atoms with van der Waals surface area (Å²) < 4.78 is 5.62. The summed E-state index contributed by atoms with van der Waals surface area (Å²) in [5.74, 6) is 3.72. The molecule has 2 saturated carbocycles.